The summed E-state index contributed by atoms with van der Waals surface area (Å²) in [6, 6.07) is 17.9. The van der Waals surface area contributed by atoms with Crippen LogP contribution in [0.1, 0.15) is 27.0 Å². The Balaban J connectivity index is 1.65. The highest BCUT2D eigenvalue weighted by Crippen LogP contribution is 2.29. The van der Waals surface area contributed by atoms with Gasteiger partial charge in [0.2, 0.25) is 0 Å². The van der Waals surface area contributed by atoms with Crippen molar-refractivity contribution >= 4 is 51.5 Å². The fourth-order valence-electron chi connectivity index (χ4n) is 3.64. The summed E-state index contributed by atoms with van der Waals surface area (Å²) >= 11 is 3.41. The lowest BCUT2D eigenvalue weighted by molar-refractivity contribution is -0.122. The first kappa shape index (κ1) is 24.9. The number of imide groups is 2. The first-order chi connectivity index (χ1) is 17.3. The van der Waals surface area contributed by atoms with E-state index in [9.17, 15) is 19.2 Å². The number of benzene rings is 3. The molecule has 1 N–H and O–H groups in total. The van der Waals surface area contributed by atoms with Crippen molar-refractivity contribution in [2.75, 3.05) is 12.0 Å². The second-order valence-electron chi connectivity index (χ2n) is 7.96. The average Bonchev–Trinajstić information content (AvgIpc) is 2.86. The zero-order valence-corrected chi connectivity index (χ0v) is 21.0. The summed E-state index contributed by atoms with van der Waals surface area (Å²) in [5, 5.41) is 2.19. The van der Waals surface area contributed by atoms with Gasteiger partial charge in [-0.05, 0) is 61.0 Å². The summed E-state index contributed by atoms with van der Waals surface area (Å²) in [5.74, 6) is -1.73. The first-order valence-corrected chi connectivity index (χ1v) is 11.6. The van der Waals surface area contributed by atoms with Gasteiger partial charge in [-0.1, -0.05) is 45.8 Å². The van der Waals surface area contributed by atoms with Crippen LogP contribution in [-0.2, 0) is 20.9 Å². The lowest BCUT2D eigenvalue weighted by Crippen LogP contribution is -2.54. The number of barbiturate groups is 1. The maximum Gasteiger partial charge on any atom is 0.337 e. The summed E-state index contributed by atoms with van der Waals surface area (Å²) in [7, 11) is 1.25. The quantitative estimate of drug-likeness (QED) is 0.270. The van der Waals surface area contributed by atoms with Gasteiger partial charge in [-0.2, -0.15) is 0 Å². The predicted octanol–water partition coefficient (Wildman–Crippen LogP) is 4.79. The van der Waals surface area contributed by atoms with Gasteiger partial charge in [0.15, 0.2) is 0 Å². The second kappa shape index (κ2) is 10.6. The Morgan fingerprint density at radius 1 is 1.03 bits per heavy atom. The molecule has 1 heterocycles. The van der Waals surface area contributed by atoms with Gasteiger partial charge in [-0.15, -0.1) is 0 Å². The lowest BCUT2D eigenvalue weighted by atomic mass is 10.1. The van der Waals surface area contributed by atoms with Crippen LogP contribution in [0.4, 0.5) is 10.5 Å². The number of rotatable bonds is 6. The molecular weight excluding hydrogens is 528 g/mol. The average molecular weight is 549 g/mol. The fraction of sp³-hybridized carbons (Fsp3) is 0.111. The number of aryl methyl sites for hydroxylation is 1. The molecule has 182 valence electrons. The molecule has 0 atom stereocenters. The molecular formula is C27H21BrN2O6. The highest BCUT2D eigenvalue weighted by atomic mass is 79.9. The molecule has 0 aromatic heterocycles. The SMILES string of the molecule is COC(=O)c1ccc(N2C(=O)NC(=O)/C(=C\c3cc(Br)ccc3OCc3cccc(C)c3)C2=O)cc1. The topological polar surface area (TPSA) is 102 Å². The van der Waals surface area contributed by atoms with E-state index in [0.29, 0.717) is 15.8 Å². The number of urea groups is 1. The number of anilines is 1. The standard InChI is InChI=1S/C27H21BrN2O6/c1-16-4-3-5-17(12-16)15-36-23-11-8-20(28)13-19(23)14-22-24(31)29-27(34)30(25(22)32)21-9-6-18(7-10-21)26(33)35-2/h3-14H,15H2,1-2H3,(H,29,31,34)/b22-14+. The molecule has 1 fully saturated rings. The number of nitrogens with zero attached hydrogens (tertiary/aromatic N) is 1. The minimum absolute atomic E-state index is 0.189. The lowest BCUT2D eigenvalue weighted by Gasteiger charge is -2.26. The third-order valence-electron chi connectivity index (χ3n) is 5.40. The van der Waals surface area contributed by atoms with E-state index in [1.807, 2.05) is 31.2 Å². The van der Waals surface area contributed by atoms with E-state index < -0.39 is 23.8 Å². The molecule has 0 radical (unpaired) electrons. The van der Waals surface area contributed by atoms with Crippen LogP contribution in [-0.4, -0.2) is 30.9 Å². The monoisotopic (exact) mass is 548 g/mol. The molecule has 0 bridgehead atoms. The van der Waals surface area contributed by atoms with Crippen molar-refractivity contribution in [3.05, 3.63) is 99.0 Å². The van der Waals surface area contributed by atoms with Crippen LogP contribution in [0.25, 0.3) is 6.08 Å². The molecule has 0 saturated carbocycles. The molecule has 0 spiro atoms. The molecule has 1 aliphatic heterocycles. The smallest absolute Gasteiger partial charge is 0.337 e. The summed E-state index contributed by atoms with van der Waals surface area (Å²) in [5.41, 5.74) is 2.74. The Morgan fingerprint density at radius 2 is 1.78 bits per heavy atom. The zero-order chi connectivity index (χ0) is 25.8. The number of hydrogen-bond donors (Lipinski definition) is 1. The van der Waals surface area contributed by atoms with Gasteiger partial charge in [0.25, 0.3) is 11.8 Å². The van der Waals surface area contributed by atoms with E-state index in [1.165, 1.54) is 37.5 Å². The van der Waals surface area contributed by atoms with E-state index in [4.69, 9.17) is 4.74 Å². The van der Waals surface area contributed by atoms with Crippen LogP contribution in [0.15, 0.2) is 76.8 Å². The van der Waals surface area contributed by atoms with Crippen molar-refractivity contribution in [3.8, 4) is 5.75 Å². The Kier molecular flexibility index (Phi) is 7.30. The fourth-order valence-corrected chi connectivity index (χ4v) is 4.02. The third kappa shape index (κ3) is 5.36. The van der Waals surface area contributed by atoms with Gasteiger partial charge >= 0.3 is 12.0 Å². The number of ether oxygens (including phenoxy) is 2. The molecule has 0 aliphatic carbocycles. The molecule has 8 nitrogen and oxygen atoms in total. The summed E-state index contributed by atoms with van der Waals surface area (Å²) in [4.78, 5) is 50.9. The Labute approximate surface area is 215 Å². The van der Waals surface area contributed by atoms with Crippen molar-refractivity contribution < 1.29 is 28.7 Å². The molecule has 1 saturated heterocycles. The zero-order valence-electron chi connectivity index (χ0n) is 19.4. The number of amides is 4. The van der Waals surface area contributed by atoms with Crippen LogP contribution in [0.3, 0.4) is 0 Å². The molecule has 4 rings (SSSR count). The van der Waals surface area contributed by atoms with Crippen molar-refractivity contribution in [2.24, 2.45) is 0 Å². The third-order valence-corrected chi connectivity index (χ3v) is 5.89. The number of methoxy groups -OCH3 is 1. The molecule has 3 aromatic rings. The van der Waals surface area contributed by atoms with Gasteiger partial charge in [0.05, 0.1) is 18.4 Å². The van der Waals surface area contributed by atoms with E-state index in [2.05, 4.69) is 26.0 Å². The Morgan fingerprint density at radius 3 is 2.47 bits per heavy atom. The van der Waals surface area contributed by atoms with Crippen LogP contribution < -0.4 is 15.0 Å². The van der Waals surface area contributed by atoms with Crippen LogP contribution >= 0.6 is 15.9 Å². The van der Waals surface area contributed by atoms with Gasteiger partial charge in [0.1, 0.15) is 17.9 Å². The molecule has 9 heteroatoms. The number of carbonyl (C=O) groups is 4. The summed E-state index contributed by atoms with van der Waals surface area (Å²) in [6.07, 6.45) is 1.39. The molecule has 3 aromatic carbocycles. The largest absolute Gasteiger partial charge is 0.488 e. The normalized spacial score (nSPS) is 14.6. The molecule has 36 heavy (non-hydrogen) atoms. The minimum atomic E-state index is -0.891. The van der Waals surface area contributed by atoms with Crippen molar-refractivity contribution in [1.82, 2.24) is 5.32 Å². The molecule has 1 aliphatic rings. The van der Waals surface area contributed by atoms with Crippen LogP contribution in [0, 0.1) is 6.92 Å². The van der Waals surface area contributed by atoms with E-state index in [1.54, 1.807) is 18.2 Å². The number of esters is 1. The maximum absolute atomic E-state index is 13.3. The Hall–Kier alpha value is -4.24. The number of carbonyl (C=O) groups excluding carboxylic acids is 4. The maximum atomic E-state index is 13.3. The van der Waals surface area contributed by atoms with Crippen molar-refractivity contribution in [1.29, 1.82) is 0 Å². The molecule has 4 amide bonds. The summed E-state index contributed by atoms with van der Waals surface area (Å²) < 4.78 is 11.4. The first-order valence-electron chi connectivity index (χ1n) is 10.8. The van der Waals surface area contributed by atoms with Crippen LogP contribution in [0.5, 0.6) is 5.75 Å². The van der Waals surface area contributed by atoms with Gasteiger partial charge < -0.3 is 9.47 Å². The van der Waals surface area contributed by atoms with Crippen LogP contribution in [0.2, 0.25) is 0 Å². The minimum Gasteiger partial charge on any atom is -0.488 e. The number of nitrogens with one attached hydrogen (secondary N) is 1. The highest BCUT2D eigenvalue weighted by Gasteiger charge is 2.37. The number of hydrogen-bond acceptors (Lipinski definition) is 6. The van der Waals surface area contributed by atoms with Gasteiger partial charge in [0, 0.05) is 10.0 Å². The molecule has 0 unspecified atom stereocenters. The highest BCUT2D eigenvalue weighted by molar-refractivity contribution is 9.10. The van der Waals surface area contributed by atoms with Gasteiger partial charge in [-0.25, -0.2) is 14.5 Å². The summed E-state index contributed by atoms with van der Waals surface area (Å²) in [6.45, 7) is 2.28. The van der Waals surface area contributed by atoms with Gasteiger partial charge in [-0.3, -0.25) is 14.9 Å². The van der Waals surface area contributed by atoms with Crippen molar-refractivity contribution in [2.45, 2.75) is 13.5 Å². The second-order valence-corrected chi connectivity index (χ2v) is 8.87. The Bertz CT molecular complexity index is 1400. The van der Waals surface area contributed by atoms with E-state index in [-0.39, 0.29) is 23.4 Å². The number of halogens is 1. The van der Waals surface area contributed by atoms with E-state index in [0.717, 1.165) is 16.0 Å². The van der Waals surface area contributed by atoms with E-state index >= 15 is 0 Å². The van der Waals surface area contributed by atoms with Crippen molar-refractivity contribution in [3.63, 3.8) is 0 Å². The predicted molar refractivity (Wildman–Crippen MR) is 136 cm³/mol.